The van der Waals surface area contributed by atoms with Gasteiger partial charge in [-0.2, -0.15) is 0 Å². The summed E-state index contributed by atoms with van der Waals surface area (Å²) in [7, 11) is 0. The van der Waals surface area contributed by atoms with Crippen molar-refractivity contribution < 1.29 is 38.1 Å². The van der Waals surface area contributed by atoms with Gasteiger partial charge in [-0.25, -0.2) is 19.2 Å². The fourth-order valence-electron chi connectivity index (χ4n) is 5.27. The Balaban J connectivity index is 3.30. The normalized spacial score (nSPS) is 22.1. The van der Waals surface area contributed by atoms with Crippen molar-refractivity contribution in [2.75, 3.05) is 13.2 Å². The Morgan fingerprint density at radius 3 is 1.60 bits per heavy atom. The predicted molar refractivity (Wildman–Crippen MR) is 160 cm³/mol. The summed E-state index contributed by atoms with van der Waals surface area (Å²) < 4.78 is 22.0. The van der Waals surface area contributed by atoms with Crippen molar-refractivity contribution in [2.45, 2.75) is 155 Å². The number of hydrogen-bond acceptors (Lipinski definition) is 8. The van der Waals surface area contributed by atoms with Crippen LogP contribution in [0.1, 0.15) is 126 Å². The lowest BCUT2D eigenvalue weighted by Crippen LogP contribution is -2.70. The lowest BCUT2D eigenvalue weighted by Gasteiger charge is -2.48. The Bertz CT molecular complexity index is 814. The van der Waals surface area contributed by atoms with Crippen molar-refractivity contribution in [2.24, 2.45) is 0 Å². The van der Waals surface area contributed by atoms with Crippen LogP contribution in [0.25, 0.3) is 0 Å². The number of hydrogen-bond donors (Lipinski definition) is 4. The largest absolute Gasteiger partial charge is 0.450 e. The van der Waals surface area contributed by atoms with Crippen LogP contribution in [-0.4, -0.2) is 67.0 Å². The third-order valence-corrected chi connectivity index (χ3v) is 7.26. The standard InChI is InChI=1S/C30H56N4O8/c1-8-12-19-39-25(35)31-21-29(32-26(36)40-22(5)14-9-2)17-13-18-30(20-29,33-27(37)41-23(6)15-10-3)34-28(38)42-24(7)16-11-4/h22-24H,8-21H2,1-7H3,(H,31,35)(H,32,36)(H,33,37)(H,34,38). The quantitative estimate of drug-likeness (QED) is 0.0866. The van der Waals surface area contributed by atoms with E-state index in [0.717, 1.165) is 32.1 Å². The van der Waals surface area contributed by atoms with Gasteiger partial charge in [0.15, 0.2) is 0 Å². The van der Waals surface area contributed by atoms with Crippen LogP contribution >= 0.6 is 0 Å². The smallest absolute Gasteiger partial charge is 0.409 e. The molecule has 4 unspecified atom stereocenters. The molecule has 0 aliphatic heterocycles. The van der Waals surface area contributed by atoms with Crippen LogP contribution in [0.2, 0.25) is 0 Å². The minimum absolute atomic E-state index is 0.0110. The van der Waals surface area contributed by atoms with Crippen molar-refractivity contribution in [3.05, 3.63) is 0 Å². The van der Waals surface area contributed by atoms with Gasteiger partial charge in [0.25, 0.3) is 0 Å². The van der Waals surface area contributed by atoms with Gasteiger partial charge in [-0.3, -0.25) is 10.6 Å². The first-order valence-electron chi connectivity index (χ1n) is 15.8. The minimum Gasteiger partial charge on any atom is -0.450 e. The van der Waals surface area contributed by atoms with E-state index in [2.05, 4.69) is 21.3 Å². The highest BCUT2D eigenvalue weighted by atomic mass is 16.6. The van der Waals surface area contributed by atoms with E-state index in [1.165, 1.54) is 0 Å². The van der Waals surface area contributed by atoms with Gasteiger partial charge in [0.1, 0.15) is 24.0 Å². The maximum Gasteiger partial charge on any atom is 0.409 e. The van der Waals surface area contributed by atoms with E-state index in [4.69, 9.17) is 18.9 Å². The SMILES string of the molecule is CCCCOC(=O)NCC1(NC(=O)OC(C)CCC)CCCC(NC(=O)OC(C)CCC)(NC(=O)OC(C)CCC)C1. The molecule has 0 aromatic heterocycles. The minimum atomic E-state index is -1.33. The summed E-state index contributed by atoms with van der Waals surface area (Å²) in [4.78, 5) is 51.6. The first kappa shape index (κ1) is 37.1. The molecule has 4 N–H and O–H groups in total. The Hall–Kier alpha value is -2.92. The molecule has 0 heterocycles. The fraction of sp³-hybridized carbons (Fsp3) is 0.867. The van der Waals surface area contributed by atoms with Gasteiger partial charge in [0.2, 0.25) is 0 Å². The molecular formula is C30H56N4O8. The third kappa shape index (κ3) is 14.3. The summed E-state index contributed by atoms with van der Waals surface area (Å²) in [6.07, 6.45) is 3.90. The molecule has 42 heavy (non-hydrogen) atoms. The molecule has 0 radical (unpaired) electrons. The molecule has 0 saturated heterocycles. The topological polar surface area (TPSA) is 153 Å². The van der Waals surface area contributed by atoms with Gasteiger partial charge in [-0.15, -0.1) is 0 Å². The summed E-state index contributed by atoms with van der Waals surface area (Å²) in [5.74, 6) is 0. The van der Waals surface area contributed by atoms with Crippen molar-refractivity contribution in [1.82, 2.24) is 21.3 Å². The van der Waals surface area contributed by atoms with Crippen LogP contribution in [-0.2, 0) is 18.9 Å². The van der Waals surface area contributed by atoms with E-state index in [1.54, 1.807) is 13.8 Å². The molecule has 1 rings (SSSR count). The fourth-order valence-corrected chi connectivity index (χ4v) is 5.27. The van der Waals surface area contributed by atoms with Crippen LogP contribution in [0, 0.1) is 0 Å². The highest BCUT2D eigenvalue weighted by Gasteiger charge is 2.49. The summed E-state index contributed by atoms with van der Waals surface area (Å²) in [5.41, 5.74) is -2.42. The van der Waals surface area contributed by atoms with Crippen molar-refractivity contribution >= 4 is 24.4 Å². The van der Waals surface area contributed by atoms with Gasteiger partial charge in [0.05, 0.1) is 12.1 Å². The number of nitrogens with one attached hydrogen (secondary N) is 4. The van der Waals surface area contributed by atoms with Gasteiger partial charge >= 0.3 is 24.4 Å². The van der Waals surface area contributed by atoms with E-state index in [-0.39, 0.29) is 37.9 Å². The van der Waals surface area contributed by atoms with Crippen LogP contribution in [0.5, 0.6) is 0 Å². The second-order valence-corrected chi connectivity index (χ2v) is 11.6. The lowest BCUT2D eigenvalue weighted by molar-refractivity contribution is 0.0413. The van der Waals surface area contributed by atoms with Crippen molar-refractivity contribution in [3.8, 4) is 0 Å². The molecule has 1 saturated carbocycles. The molecule has 1 aliphatic carbocycles. The first-order chi connectivity index (χ1) is 19.9. The van der Waals surface area contributed by atoms with Crippen LogP contribution in [0.4, 0.5) is 19.2 Å². The van der Waals surface area contributed by atoms with Crippen LogP contribution in [0.15, 0.2) is 0 Å². The number of ether oxygens (including phenoxy) is 4. The molecule has 12 heteroatoms. The van der Waals surface area contributed by atoms with Crippen molar-refractivity contribution in [1.29, 1.82) is 0 Å². The molecular weight excluding hydrogens is 544 g/mol. The number of carbonyl (C=O) groups is 4. The van der Waals surface area contributed by atoms with E-state index in [9.17, 15) is 19.2 Å². The van der Waals surface area contributed by atoms with Crippen molar-refractivity contribution in [3.63, 3.8) is 0 Å². The second kappa shape index (κ2) is 19.3. The molecule has 4 amide bonds. The zero-order valence-electron chi connectivity index (χ0n) is 26.9. The summed E-state index contributed by atoms with van der Waals surface area (Å²) in [6.45, 7) is 13.7. The molecule has 4 atom stereocenters. The summed E-state index contributed by atoms with van der Waals surface area (Å²) >= 11 is 0. The Morgan fingerprint density at radius 1 is 0.667 bits per heavy atom. The molecule has 0 aromatic carbocycles. The van der Waals surface area contributed by atoms with E-state index < -0.39 is 35.6 Å². The van der Waals surface area contributed by atoms with Gasteiger partial charge in [-0.05, 0) is 65.7 Å². The van der Waals surface area contributed by atoms with Gasteiger partial charge in [-0.1, -0.05) is 53.4 Å². The molecule has 1 aliphatic rings. The molecule has 0 aromatic rings. The number of amides is 4. The lowest BCUT2D eigenvalue weighted by atomic mass is 9.75. The molecule has 244 valence electrons. The van der Waals surface area contributed by atoms with Crippen LogP contribution in [0.3, 0.4) is 0 Å². The van der Waals surface area contributed by atoms with Crippen LogP contribution < -0.4 is 21.3 Å². The number of unbranched alkanes of at least 4 members (excludes halogenated alkanes) is 1. The van der Waals surface area contributed by atoms with E-state index >= 15 is 0 Å². The first-order valence-corrected chi connectivity index (χ1v) is 15.8. The highest BCUT2D eigenvalue weighted by molar-refractivity contribution is 5.73. The highest BCUT2D eigenvalue weighted by Crippen LogP contribution is 2.35. The second-order valence-electron chi connectivity index (χ2n) is 11.6. The van der Waals surface area contributed by atoms with E-state index in [0.29, 0.717) is 38.5 Å². The Kier molecular flexibility index (Phi) is 17.1. The number of alkyl carbamates (subject to hydrolysis) is 4. The number of rotatable bonds is 17. The summed E-state index contributed by atoms with van der Waals surface area (Å²) in [6, 6.07) is 0. The monoisotopic (exact) mass is 600 g/mol. The Morgan fingerprint density at radius 2 is 1.14 bits per heavy atom. The average Bonchev–Trinajstić information content (AvgIpc) is 2.87. The Labute approximate surface area is 252 Å². The molecule has 0 bridgehead atoms. The zero-order chi connectivity index (χ0) is 31.6. The zero-order valence-corrected chi connectivity index (χ0v) is 26.9. The molecule has 0 spiro atoms. The molecule has 12 nitrogen and oxygen atoms in total. The maximum absolute atomic E-state index is 13.0. The van der Waals surface area contributed by atoms with Gasteiger partial charge < -0.3 is 29.6 Å². The molecule has 1 fully saturated rings. The average molecular weight is 601 g/mol. The third-order valence-electron chi connectivity index (χ3n) is 7.26. The van der Waals surface area contributed by atoms with E-state index in [1.807, 2.05) is 34.6 Å². The predicted octanol–water partition coefficient (Wildman–Crippen LogP) is 6.27. The number of carbonyl (C=O) groups excluding carboxylic acids is 4. The maximum atomic E-state index is 13.0. The van der Waals surface area contributed by atoms with Gasteiger partial charge in [0, 0.05) is 13.0 Å². The summed E-state index contributed by atoms with van der Waals surface area (Å²) in [5, 5.41) is 11.4.